The topological polar surface area (TPSA) is 248 Å². The van der Waals surface area contributed by atoms with E-state index in [1.807, 2.05) is 34.6 Å². The number of carbonyl (C=O) groups is 1. The fourth-order valence-electron chi connectivity index (χ4n) is 12.7. The van der Waals surface area contributed by atoms with Gasteiger partial charge in [-0.1, -0.05) is 34.6 Å². The first-order chi connectivity index (χ1) is 30.0. The number of aliphatic hydroxyl groups is 3. The lowest BCUT2D eigenvalue weighted by atomic mass is 9.75. The summed E-state index contributed by atoms with van der Waals surface area (Å²) in [7, 11) is 6.34. The third kappa shape index (κ3) is 10.1. The largest absolute Gasteiger partial charge is 0.550 e. The zero-order chi connectivity index (χ0) is 46.9. The van der Waals surface area contributed by atoms with Crippen LogP contribution in [0.4, 0.5) is 0 Å². The summed E-state index contributed by atoms with van der Waals surface area (Å²) in [5.41, 5.74) is -1.61. The minimum Gasteiger partial charge on any atom is -0.550 e. The summed E-state index contributed by atoms with van der Waals surface area (Å²) in [6.07, 6.45) is -3.46. The highest BCUT2D eigenvalue weighted by Crippen LogP contribution is 2.55. The second-order valence-corrected chi connectivity index (χ2v) is 21.3. The number of quaternary nitrogens is 1. The number of aliphatic hydroxyl groups excluding tert-OH is 1. The van der Waals surface area contributed by atoms with Crippen molar-refractivity contribution in [1.29, 1.82) is 0 Å². The number of rotatable bonds is 13. The standard InChI is InChI=1S/C47H80O17.H3N/c1-23-18-24(2)45(9,51)61-36(23)31-19-32(58-35-20-30(53-10)40(55-12)28(6)57-35)42(59-31)44(8)15-14-33(60-44)43(7)16-17-46(64-43)21-29(48)25(3)37(62-46)26(4)38-41(56-13)39(54-11)27(5)47(52,63-38)22-34(49)50;/h23-33,35-42,48,51-52H,14-22H2,1-13H3,(H,49,50);1H3/t23-,24-,25-,26-,27+,28+,29+,30+,31-,32+,33?,35-,36?,37+,38+,39+,40-,41-,42?,43+,44+,45+,46-,47-;/m1./s1. The van der Waals surface area contributed by atoms with Crippen LogP contribution in [0.15, 0.2) is 0 Å². The first-order valence-electron chi connectivity index (χ1n) is 23.8. The lowest BCUT2D eigenvalue weighted by Gasteiger charge is -2.54. The Bertz CT molecular complexity index is 1610. The molecule has 7 aliphatic rings. The Morgan fingerprint density at radius 2 is 1.46 bits per heavy atom. The van der Waals surface area contributed by atoms with Gasteiger partial charge in [0.15, 0.2) is 23.7 Å². The second-order valence-electron chi connectivity index (χ2n) is 21.3. The third-order valence-electron chi connectivity index (χ3n) is 16.8. The molecule has 7 heterocycles. The fraction of sp³-hybridized carbons (Fsp3) is 0.979. The van der Waals surface area contributed by atoms with Gasteiger partial charge in [0.2, 0.25) is 0 Å². The van der Waals surface area contributed by atoms with Crippen LogP contribution in [0.1, 0.15) is 120 Å². The van der Waals surface area contributed by atoms with Crippen LogP contribution in [0.2, 0.25) is 0 Å². The lowest BCUT2D eigenvalue weighted by molar-refractivity contribution is -0.373. The first-order valence-corrected chi connectivity index (χ1v) is 23.8. The van der Waals surface area contributed by atoms with Crippen LogP contribution in [0.5, 0.6) is 0 Å². The Balaban J connectivity index is 0.00000700. The molecule has 7 N–H and O–H groups in total. The highest BCUT2D eigenvalue weighted by atomic mass is 16.7. The van der Waals surface area contributed by atoms with Crippen LogP contribution in [0, 0.1) is 29.6 Å². The van der Waals surface area contributed by atoms with E-state index in [1.54, 1.807) is 28.1 Å². The van der Waals surface area contributed by atoms with Crippen molar-refractivity contribution in [2.75, 3.05) is 28.4 Å². The molecule has 7 fully saturated rings. The predicted octanol–water partition coefficient (Wildman–Crippen LogP) is 3.36. The van der Waals surface area contributed by atoms with E-state index >= 15 is 0 Å². The van der Waals surface area contributed by atoms with Crippen LogP contribution in [-0.2, 0) is 61.6 Å². The van der Waals surface area contributed by atoms with Gasteiger partial charge in [-0.3, -0.25) is 0 Å². The minimum atomic E-state index is -2.09. The Labute approximate surface area is 385 Å². The van der Waals surface area contributed by atoms with Crippen molar-refractivity contribution < 1.29 is 82.1 Å². The SMILES string of the molecule is CO[C@H]1[C@@H](OC)[C@H](C)[C@@](O)(CC(=O)[O-])O[C@H]1[C@H](C)[C@H]1O[C@@]2(CC[C@@](C)(C3CC[C@@](C)(C4O[C@@H](C5O[C@](C)(O)[C@H](C)C[C@H]5C)C[C@@H]4O[C@@H]4C[C@H](OC)[C@H](OC)[C@H](C)O4)O3)O2)C[C@H](O)[C@H]1C.[NH4+]. The number of methoxy groups -OCH3 is 4. The molecule has 0 aromatic heterocycles. The fourth-order valence-corrected chi connectivity index (χ4v) is 12.7. The van der Waals surface area contributed by atoms with Crippen molar-refractivity contribution in [3.63, 3.8) is 0 Å². The molecule has 18 nitrogen and oxygen atoms in total. The maximum Gasteiger partial charge on any atom is 0.176 e. The predicted molar refractivity (Wildman–Crippen MR) is 231 cm³/mol. The summed E-state index contributed by atoms with van der Waals surface area (Å²) in [5.74, 6) is -7.58. The molecule has 3 unspecified atom stereocenters. The lowest BCUT2D eigenvalue weighted by Crippen LogP contribution is -2.66. The van der Waals surface area contributed by atoms with E-state index < -0.39 is 102 Å². The molecule has 0 radical (unpaired) electrons. The quantitative estimate of drug-likeness (QED) is 0.207. The van der Waals surface area contributed by atoms with Gasteiger partial charge < -0.3 is 88.2 Å². The van der Waals surface area contributed by atoms with E-state index in [9.17, 15) is 25.2 Å². The molecule has 24 atom stereocenters. The molecular formula is C47H83NO17. The zero-order valence-corrected chi connectivity index (χ0v) is 41.4. The Hall–Kier alpha value is -1.17. The Morgan fingerprint density at radius 3 is 2.09 bits per heavy atom. The summed E-state index contributed by atoms with van der Waals surface area (Å²) in [4.78, 5) is 11.8. The van der Waals surface area contributed by atoms with Crippen LogP contribution in [-0.4, -0.2) is 164 Å². The van der Waals surface area contributed by atoms with Crippen molar-refractivity contribution in [2.45, 2.75) is 234 Å². The van der Waals surface area contributed by atoms with Gasteiger partial charge in [-0.15, -0.1) is 0 Å². The molecule has 7 rings (SSSR count). The van der Waals surface area contributed by atoms with Crippen molar-refractivity contribution in [2.24, 2.45) is 29.6 Å². The van der Waals surface area contributed by atoms with Crippen molar-refractivity contribution >= 4 is 5.97 Å². The highest BCUT2D eigenvalue weighted by molar-refractivity contribution is 5.65. The van der Waals surface area contributed by atoms with Gasteiger partial charge in [0.1, 0.15) is 18.3 Å². The summed E-state index contributed by atoms with van der Waals surface area (Å²) in [6.45, 7) is 17.4. The molecule has 65 heavy (non-hydrogen) atoms. The van der Waals surface area contributed by atoms with E-state index in [-0.39, 0.29) is 66.9 Å². The molecule has 0 bridgehead atoms. The van der Waals surface area contributed by atoms with E-state index in [0.717, 1.165) is 6.42 Å². The second kappa shape index (κ2) is 19.9. The highest BCUT2D eigenvalue weighted by Gasteiger charge is 2.63. The number of carboxylic acids is 1. The van der Waals surface area contributed by atoms with Crippen LogP contribution in [0.25, 0.3) is 0 Å². The Morgan fingerprint density at radius 1 is 0.785 bits per heavy atom. The van der Waals surface area contributed by atoms with Gasteiger partial charge in [0.25, 0.3) is 0 Å². The van der Waals surface area contributed by atoms with E-state index in [0.29, 0.717) is 38.5 Å². The number of aliphatic carboxylic acids is 1. The molecule has 1 spiro atoms. The summed E-state index contributed by atoms with van der Waals surface area (Å²) >= 11 is 0. The minimum absolute atomic E-state index is 0. The average Bonchev–Trinajstić information content (AvgIpc) is 3.94. The third-order valence-corrected chi connectivity index (χ3v) is 16.8. The van der Waals surface area contributed by atoms with Gasteiger partial charge >= 0.3 is 0 Å². The van der Waals surface area contributed by atoms with Crippen molar-refractivity contribution in [1.82, 2.24) is 6.15 Å². The molecule has 0 aliphatic carbocycles. The Kier molecular flexibility index (Phi) is 16.3. The number of carboxylic acid groups (broad SMARTS) is 1. The smallest absolute Gasteiger partial charge is 0.176 e. The zero-order valence-electron chi connectivity index (χ0n) is 41.4. The molecule has 0 aromatic rings. The molecule has 7 aliphatic heterocycles. The molecule has 378 valence electrons. The molecule has 0 aromatic carbocycles. The molecule has 7 saturated heterocycles. The maximum atomic E-state index is 11.8. The number of ether oxygens (including phenoxy) is 12. The maximum absolute atomic E-state index is 11.8. The van der Waals surface area contributed by atoms with Crippen molar-refractivity contribution in [3.8, 4) is 0 Å². The molecule has 0 saturated carbocycles. The van der Waals surface area contributed by atoms with Crippen LogP contribution in [0.3, 0.4) is 0 Å². The van der Waals surface area contributed by atoms with Gasteiger partial charge in [0.05, 0.1) is 72.2 Å². The van der Waals surface area contributed by atoms with Crippen LogP contribution < -0.4 is 11.3 Å². The molecule has 18 heteroatoms. The van der Waals surface area contributed by atoms with E-state index in [2.05, 4.69) is 13.8 Å². The van der Waals surface area contributed by atoms with Gasteiger partial charge in [-0.2, -0.15) is 0 Å². The van der Waals surface area contributed by atoms with Crippen LogP contribution >= 0.6 is 0 Å². The number of hydrogen-bond donors (Lipinski definition) is 4. The van der Waals surface area contributed by atoms with E-state index in [1.165, 1.54) is 14.2 Å². The normalized spacial score (nSPS) is 53.2. The summed E-state index contributed by atoms with van der Waals surface area (Å²) in [6, 6.07) is 0. The molecular weight excluding hydrogens is 851 g/mol. The summed E-state index contributed by atoms with van der Waals surface area (Å²) < 4.78 is 77.5. The van der Waals surface area contributed by atoms with Crippen molar-refractivity contribution in [3.05, 3.63) is 0 Å². The van der Waals surface area contributed by atoms with Gasteiger partial charge in [-0.25, -0.2) is 0 Å². The molecule has 0 amide bonds. The first kappa shape index (κ1) is 53.2. The number of hydrogen-bond acceptors (Lipinski definition) is 17. The average molecular weight is 934 g/mol. The van der Waals surface area contributed by atoms with E-state index in [4.69, 9.17) is 56.8 Å². The van der Waals surface area contributed by atoms with Gasteiger partial charge in [0, 0.05) is 90.2 Å². The monoisotopic (exact) mass is 934 g/mol. The number of carbonyl (C=O) groups excluding carboxylic acids is 1. The van der Waals surface area contributed by atoms with Gasteiger partial charge in [-0.05, 0) is 59.3 Å². The summed E-state index contributed by atoms with van der Waals surface area (Å²) in [5, 5.41) is 46.4.